The van der Waals surface area contributed by atoms with Gasteiger partial charge >= 0.3 is 0 Å². The van der Waals surface area contributed by atoms with Crippen molar-refractivity contribution in [2.75, 3.05) is 0 Å². The van der Waals surface area contributed by atoms with Gasteiger partial charge in [0.1, 0.15) is 6.04 Å². The zero-order valence-corrected chi connectivity index (χ0v) is 27.6. The van der Waals surface area contributed by atoms with Crippen LogP contribution in [0.2, 0.25) is 0 Å². The monoisotopic (exact) mass is 647 g/mol. The summed E-state index contributed by atoms with van der Waals surface area (Å²) in [6.45, 7) is 0. The molecule has 11 aromatic rings. The van der Waals surface area contributed by atoms with Crippen molar-refractivity contribution in [2.24, 2.45) is 4.99 Å². The summed E-state index contributed by atoms with van der Waals surface area (Å²) in [5, 5.41) is 10.3. The molecule has 3 nitrogen and oxygen atoms in total. The van der Waals surface area contributed by atoms with Crippen molar-refractivity contribution >= 4 is 82.1 Å². The minimum absolute atomic E-state index is 0.122. The molecule has 0 radical (unpaired) electrons. The van der Waals surface area contributed by atoms with E-state index in [-0.39, 0.29) is 6.04 Å². The topological polar surface area (TPSA) is 21.7 Å². The van der Waals surface area contributed by atoms with E-state index in [1.54, 1.807) is 0 Å². The van der Waals surface area contributed by atoms with Crippen LogP contribution in [0.3, 0.4) is 0 Å². The Hall–Kier alpha value is -6.71. The van der Waals surface area contributed by atoms with Crippen LogP contribution < -0.4 is 0 Å². The van der Waals surface area contributed by atoms with Crippen molar-refractivity contribution < 1.29 is 0 Å². The minimum Gasteiger partial charge on any atom is -0.327 e. The number of rotatable bonds is 3. The van der Waals surface area contributed by atoms with Gasteiger partial charge in [-0.3, -0.25) is 0 Å². The van der Waals surface area contributed by atoms with Crippen LogP contribution in [0, 0.1) is 0 Å². The number of hydrogen-bond donors (Lipinski definition) is 0. The molecular weight excluding hydrogens is 619 g/mol. The largest absolute Gasteiger partial charge is 0.327 e. The molecule has 1 aliphatic heterocycles. The molecule has 0 bridgehead atoms. The molecule has 4 heterocycles. The molecule has 3 heteroatoms. The Morgan fingerprint density at radius 3 is 1.98 bits per heavy atom. The fourth-order valence-corrected chi connectivity index (χ4v) is 9.21. The molecule has 12 rings (SSSR count). The summed E-state index contributed by atoms with van der Waals surface area (Å²) < 4.78 is 5.11. The Balaban J connectivity index is 1.27. The summed E-state index contributed by atoms with van der Waals surface area (Å²) in [5.74, 6) is 0. The van der Waals surface area contributed by atoms with Gasteiger partial charge in [-0.15, -0.1) is 0 Å². The number of aliphatic imine (C=N–C) groups is 1. The lowest BCUT2D eigenvalue weighted by atomic mass is 9.95. The van der Waals surface area contributed by atoms with Crippen molar-refractivity contribution in [3.8, 4) is 11.1 Å². The lowest BCUT2D eigenvalue weighted by Gasteiger charge is -2.21. The van der Waals surface area contributed by atoms with Gasteiger partial charge in [0.2, 0.25) is 0 Å². The Kier molecular flexibility index (Phi) is 5.29. The molecule has 0 spiro atoms. The molecule has 3 aromatic heterocycles. The lowest BCUT2D eigenvalue weighted by molar-refractivity contribution is 0.810. The Bertz CT molecular complexity index is 3250. The summed E-state index contributed by atoms with van der Waals surface area (Å²) in [6.07, 6.45) is 0. The van der Waals surface area contributed by atoms with Gasteiger partial charge in [0.25, 0.3) is 0 Å². The van der Waals surface area contributed by atoms with Crippen LogP contribution >= 0.6 is 0 Å². The standard InChI is InChI=1S/C48H29N3/c1-2-13-29(14-3-1)31-16-12-17-32(27-31)46-48(35-20-6-9-22-38(35)49-46)51-41-26-25-30-15-4-5-18-33(30)43(41)45-42(51)28-37-34-19-7-10-23-39(34)50-40-24-11-8-21-36(40)44(45)47(37)50/h1-28,48H. The van der Waals surface area contributed by atoms with Gasteiger partial charge in [-0.05, 0) is 63.9 Å². The van der Waals surface area contributed by atoms with Gasteiger partial charge < -0.3 is 8.97 Å². The van der Waals surface area contributed by atoms with Crippen LogP contribution in [-0.2, 0) is 0 Å². The van der Waals surface area contributed by atoms with Crippen LogP contribution in [0.4, 0.5) is 5.69 Å². The van der Waals surface area contributed by atoms with E-state index in [1.165, 1.54) is 87.4 Å². The third-order valence-electron chi connectivity index (χ3n) is 11.3. The fraction of sp³-hybridized carbons (Fsp3) is 0.0208. The van der Waals surface area contributed by atoms with Crippen molar-refractivity contribution in [1.82, 2.24) is 8.97 Å². The van der Waals surface area contributed by atoms with Crippen LogP contribution in [0.5, 0.6) is 0 Å². The maximum Gasteiger partial charge on any atom is 0.104 e. The van der Waals surface area contributed by atoms with Crippen LogP contribution in [0.25, 0.3) is 81.8 Å². The second-order valence-corrected chi connectivity index (χ2v) is 13.9. The van der Waals surface area contributed by atoms with Gasteiger partial charge in [-0.2, -0.15) is 0 Å². The molecule has 0 aliphatic carbocycles. The third kappa shape index (κ3) is 3.54. The third-order valence-corrected chi connectivity index (χ3v) is 11.3. The second-order valence-electron chi connectivity index (χ2n) is 13.9. The average Bonchev–Trinajstić information content (AvgIpc) is 3.93. The highest BCUT2D eigenvalue weighted by molar-refractivity contribution is 6.38. The maximum atomic E-state index is 5.45. The van der Waals surface area contributed by atoms with E-state index in [0.717, 1.165) is 17.0 Å². The van der Waals surface area contributed by atoms with Crippen molar-refractivity contribution in [1.29, 1.82) is 0 Å². The number of para-hydroxylation sites is 3. The van der Waals surface area contributed by atoms with E-state index >= 15 is 0 Å². The number of benzene rings is 8. The van der Waals surface area contributed by atoms with Crippen molar-refractivity contribution in [3.63, 3.8) is 0 Å². The predicted octanol–water partition coefficient (Wildman–Crippen LogP) is 12.5. The van der Waals surface area contributed by atoms with E-state index in [1.807, 2.05) is 0 Å². The highest BCUT2D eigenvalue weighted by Crippen LogP contribution is 2.50. The van der Waals surface area contributed by atoms with E-state index in [9.17, 15) is 0 Å². The first-order chi connectivity index (χ1) is 25.3. The molecule has 0 amide bonds. The summed E-state index contributed by atoms with van der Waals surface area (Å²) in [4.78, 5) is 5.45. The SMILES string of the molecule is c1ccc(-c2cccc(C3=Nc4ccccc4C3n3c4ccc5ccccc5c4c4c5c6ccccc6n6c7ccccc7c(cc43)c56)c2)cc1. The Labute approximate surface area is 293 Å². The number of aromatic nitrogens is 2. The first-order valence-electron chi connectivity index (χ1n) is 17.7. The highest BCUT2D eigenvalue weighted by atomic mass is 15.1. The lowest BCUT2D eigenvalue weighted by Crippen LogP contribution is -2.18. The molecule has 0 saturated heterocycles. The van der Waals surface area contributed by atoms with Gasteiger partial charge in [0, 0.05) is 37.9 Å². The molecule has 0 saturated carbocycles. The normalized spacial score (nSPS) is 14.6. The van der Waals surface area contributed by atoms with E-state index in [0.29, 0.717) is 0 Å². The van der Waals surface area contributed by atoms with Gasteiger partial charge in [0.05, 0.1) is 39.0 Å². The van der Waals surface area contributed by atoms with Crippen LogP contribution in [0.1, 0.15) is 17.2 Å². The molecule has 236 valence electrons. The van der Waals surface area contributed by atoms with Crippen molar-refractivity contribution in [2.45, 2.75) is 6.04 Å². The summed E-state index contributed by atoms with van der Waals surface area (Å²) in [6, 6.07) is 62.0. The van der Waals surface area contributed by atoms with E-state index in [2.05, 4.69) is 179 Å². The zero-order valence-electron chi connectivity index (χ0n) is 27.6. The zero-order chi connectivity index (χ0) is 33.2. The highest BCUT2D eigenvalue weighted by Gasteiger charge is 2.34. The first kappa shape index (κ1) is 27.2. The van der Waals surface area contributed by atoms with Gasteiger partial charge in [-0.25, -0.2) is 4.99 Å². The van der Waals surface area contributed by atoms with Gasteiger partial charge in [-0.1, -0.05) is 133 Å². The van der Waals surface area contributed by atoms with Crippen LogP contribution in [-0.4, -0.2) is 14.7 Å². The number of hydrogen-bond acceptors (Lipinski definition) is 1. The predicted molar refractivity (Wildman–Crippen MR) is 214 cm³/mol. The summed E-state index contributed by atoms with van der Waals surface area (Å²) in [7, 11) is 0. The van der Waals surface area contributed by atoms with E-state index in [4.69, 9.17) is 4.99 Å². The van der Waals surface area contributed by atoms with Gasteiger partial charge in [0.15, 0.2) is 0 Å². The molecule has 0 fully saturated rings. The number of fused-ring (bicyclic) bond motifs is 13. The smallest absolute Gasteiger partial charge is 0.104 e. The fourth-order valence-electron chi connectivity index (χ4n) is 9.21. The molecule has 1 atom stereocenters. The Morgan fingerprint density at radius 2 is 1.10 bits per heavy atom. The molecule has 8 aromatic carbocycles. The van der Waals surface area contributed by atoms with E-state index < -0.39 is 0 Å². The summed E-state index contributed by atoms with van der Waals surface area (Å²) >= 11 is 0. The molecule has 1 aliphatic rings. The summed E-state index contributed by atoms with van der Waals surface area (Å²) in [5.41, 5.74) is 13.1. The maximum absolute atomic E-state index is 5.45. The molecule has 51 heavy (non-hydrogen) atoms. The molecular formula is C48H29N3. The first-order valence-corrected chi connectivity index (χ1v) is 17.7. The molecule has 1 unspecified atom stereocenters. The minimum atomic E-state index is -0.122. The number of nitrogens with zero attached hydrogens (tertiary/aromatic N) is 3. The average molecular weight is 648 g/mol. The molecule has 0 N–H and O–H groups in total. The Morgan fingerprint density at radius 1 is 0.412 bits per heavy atom. The van der Waals surface area contributed by atoms with Crippen molar-refractivity contribution in [3.05, 3.63) is 181 Å². The van der Waals surface area contributed by atoms with Crippen LogP contribution in [0.15, 0.2) is 175 Å². The quantitative estimate of drug-likeness (QED) is 0.182. The second kappa shape index (κ2) is 9.93.